The van der Waals surface area contributed by atoms with Crippen molar-refractivity contribution in [3.63, 3.8) is 0 Å². The van der Waals surface area contributed by atoms with Crippen LogP contribution in [0.2, 0.25) is 10.0 Å². The fraction of sp³-hybridized carbons (Fsp3) is 0.286. The van der Waals surface area contributed by atoms with Gasteiger partial charge in [0.05, 0.1) is 49.4 Å². The van der Waals surface area contributed by atoms with Crippen molar-refractivity contribution in [2.45, 2.75) is 6.54 Å². The first-order valence-electron chi connectivity index (χ1n) is 8.99. The van der Waals surface area contributed by atoms with Crippen LogP contribution in [0.4, 0.5) is 5.69 Å². The second-order valence-corrected chi connectivity index (χ2v) is 7.82. The zero-order valence-electron chi connectivity index (χ0n) is 17.1. The minimum Gasteiger partial charge on any atom is -0.493 e. The monoisotopic (exact) mass is 468 g/mol. The van der Waals surface area contributed by atoms with Crippen molar-refractivity contribution in [3.8, 4) is 28.5 Å². The first-order chi connectivity index (χ1) is 14.5. The van der Waals surface area contributed by atoms with E-state index >= 15 is 0 Å². The number of hydrogen-bond donors (Lipinski definition) is 0. The van der Waals surface area contributed by atoms with Crippen molar-refractivity contribution < 1.29 is 18.9 Å². The molecule has 9 heteroatoms. The summed E-state index contributed by atoms with van der Waals surface area (Å²) in [6, 6.07) is 9.12. The van der Waals surface area contributed by atoms with Gasteiger partial charge in [-0.15, -0.1) is 11.3 Å². The van der Waals surface area contributed by atoms with Gasteiger partial charge in [0.25, 0.3) is 0 Å². The maximum atomic E-state index is 6.14. The van der Waals surface area contributed by atoms with Gasteiger partial charge in [0.1, 0.15) is 0 Å². The molecule has 3 rings (SSSR count). The van der Waals surface area contributed by atoms with E-state index < -0.39 is 0 Å². The highest BCUT2D eigenvalue weighted by Crippen LogP contribution is 2.41. The highest BCUT2D eigenvalue weighted by atomic mass is 35.5. The van der Waals surface area contributed by atoms with Gasteiger partial charge < -0.3 is 23.5 Å². The Morgan fingerprint density at radius 3 is 2.20 bits per heavy atom. The number of halogens is 2. The van der Waals surface area contributed by atoms with E-state index in [-0.39, 0.29) is 0 Å². The Morgan fingerprint density at radius 1 is 0.933 bits per heavy atom. The Morgan fingerprint density at radius 2 is 1.63 bits per heavy atom. The molecule has 0 spiro atoms. The van der Waals surface area contributed by atoms with E-state index in [1.54, 1.807) is 40.6 Å². The molecule has 1 aromatic heterocycles. The minimum atomic E-state index is 0.461. The molecular weight excluding hydrogens is 447 g/mol. The van der Waals surface area contributed by atoms with Crippen LogP contribution in [0.5, 0.6) is 17.2 Å². The number of methoxy groups -OCH3 is 4. The number of hydrogen-bond acceptors (Lipinski definition) is 6. The third-order valence-corrected chi connectivity index (χ3v) is 6.01. The Labute approximate surface area is 189 Å². The van der Waals surface area contributed by atoms with Crippen LogP contribution in [-0.2, 0) is 11.3 Å². The van der Waals surface area contributed by atoms with E-state index in [2.05, 4.69) is 4.57 Å². The van der Waals surface area contributed by atoms with E-state index in [1.165, 1.54) is 11.3 Å². The lowest BCUT2D eigenvalue weighted by molar-refractivity contribution is 0.187. The predicted molar refractivity (Wildman–Crippen MR) is 121 cm³/mol. The number of aromatic nitrogens is 1. The van der Waals surface area contributed by atoms with Crippen LogP contribution in [0, 0.1) is 0 Å². The van der Waals surface area contributed by atoms with Gasteiger partial charge in [0.2, 0.25) is 5.75 Å². The smallest absolute Gasteiger partial charge is 0.203 e. The Balaban J connectivity index is 2.16. The van der Waals surface area contributed by atoms with E-state index in [4.69, 9.17) is 47.1 Å². The molecule has 0 bridgehead atoms. The molecule has 160 valence electrons. The van der Waals surface area contributed by atoms with Gasteiger partial charge in [-0.05, 0) is 30.3 Å². The summed E-state index contributed by atoms with van der Waals surface area (Å²) in [6.45, 7) is 1.15. The molecule has 30 heavy (non-hydrogen) atoms. The van der Waals surface area contributed by atoms with E-state index in [0.29, 0.717) is 46.1 Å². The zero-order valence-corrected chi connectivity index (χ0v) is 19.4. The van der Waals surface area contributed by atoms with Crippen molar-refractivity contribution >= 4 is 40.2 Å². The molecule has 0 saturated carbocycles. The fourth-order valence-corrected chi connectivity index (χ4v) is 4.19. The Hall–Kier alpha value is -2.19. The Kier molecular flexibility index (Phi) is 7.66. The summed E-state index contributed by atoms with van der Waals surface area (Å²) < 4.78 is 23.8. The summed E-state index contributed by atoms with van der Waals surface area (Å²) in [5.41, 5.74) is 2.58. The van der Waals surface area contributed by atoms with Crippen LogP contribution in [0.3, 0.4) is 0 Å². The van der Waals surface area contributed by atoms with Gasteiger partial charge in [0, 0.05) is 24.6 Å². The molecule has 0 radical (unpaired) electrons. The van der Waals surface area contributed by atoms with E-state index in [1.807, 2.05) is 23.6 Å². The third kappa shape index (κ3) is 4.75. The van der Waals surface area contributed by atoms with Crippen molar-refractivity contribution in [1.82, 2.24) is 4.57 Å². The van der Waals surface area contributed by atoms with Crippen molar-refractivity contribution in [2.24, 2.45) is 4.99 Å². The van der Waals surface area contributed by atoms with Crippen LogP contribution >= 0.6 is 34.5 Å². The number of benzene rings is 2. The molecule has 0 N–H and O–H groups in total. The molecule has 6 nitrogen and oxygen atoms in total. The molecular formula is C21H22Cl2N2O4S. The molecule has 1 heterocycles. The molecule has 0 aliphatic heterocycles. The van der Waals surface area contributed by atoms with Gasteiger partial charge in [-0.25, -0.2) is 4.99 Å². The molecule has 0 amide bonds. The largest absolute Gasteiger partial charge is 0.493 e. The maximum Gasteiger partial charge on any atom is 0.203 e. The summed E-state index contributed by atoms with van der Waals surface area (Å²) >= 11 is 13.7. The average Bonchev–Trinajstić information content (AvgIpc) is 3.15. The number of nitrogens with zero attached hydrogens (tertiary/aromatic N) is 2. The topological polar surface area (TPSA) is 54.2 Å². The third-order valence-electron chi connectivity index (χ3n) is 4.41. The Bertz CT molecular complexity index is 1070. The normalized spacial score (nSPS) is 11.6. The molecule has 0 aliphatic carbocycles. The molecule has 0 saturated heterocycles. The fourth-order valence-electron chi connectivity index (χ4n) is 2.94. The van der Waals surface area contributed by atoms with Crippen LogP contribution < -0.4 is 19.0 Å². The lowest BCUT2D eigenvalue weighted by Gasteiger charge is -2.15. The molecule has 0 atom stereocenters. The maximum absolute atomic E-state index is 6.14. The van der Waals surface area contributed by atoms with E-state index in [0.717, 1.165) is 16.1 Å². The van der Waals surface area contributed by atoms with Crippen molar-refractivity contribution in [1.29, 1.82) is 0 Å². The lowest BCUT2D eigenvalue weighted by Crippen LogP contribution is -2.18. The molecule has 0 fully saturated rings. The van der Waals surface area contributed by atoms with Crippen LogP contribution in [-0.4, -0.2) is 39.6 Å². The predicted octanol–water partition coefficient (Wildman–Crippen LogP) is 5.43. The standard InChI is InChI=1S/C21H22Cl2N2O4S/c1-26-8-7-25-17(13-9-18(27-2)20(29-4)19(10-13)28-3)12-30-21(25)24-14-5-6-15(22)16(23)11-14/h5-6,9-12H,7-8H2,1-4H3. The minimum absolute atomic E-state index is 0.461. The highest BCUT2D eigenvalue weighted by molar-refractivity contribution is 7.07. The average molecular weight is 469 g/mol. The summed E-state index contributed by atoms with van der Waals surface area (Å²) in [5.74, 6) is 1.71. The van der Waals surface area contributed by atoms with Gasteiger partial charge in [-0.1, -0.05) is 23.2 Å². The first kappa shape index (κ1) is 22.5. The van der Waals surface area contributed by atoms with Gasteiger partial charge in [0.15, 0.2) is 16.3 Å². The number of rotatable bonds is 8. The number of ether oxygens (including phenoxy) is 4. The van der Waals surface area contributed by atoms with E-state index in [9.17, 15) is 0 Å². The van der Waals surface area contributed by atoms with Gasteiger partial charge >= 0.3 is 0 Å². The summed E-state index contributed by atoms with van der Waals surface area (Å²) in [7, 11) is 6.44. The van der Waals surface area contributed by atoms with Crippen LogP contribution in [0.1, 0.15) is 0 Å². The molecule has 0 aliphatic rings. The van der Waals surface area contributed by atoms with Crippen molar-refractivity contribution in [3.05, 3.63) is 50.6 Å². The lowest BCUT2D eigenvalue weighted by atomic mass is 10.1. The summed E-state index contributed by atoms with van der Waals surface area (Å²) in [5, 5.41) is 2.99. The van der Waals surface area contributed by atoms with Gasteiger partial charge in [-0.3, -0.25) is 0 Å². The van der Waals surface area contributed by atoms with Crippen LogP contribution in [0.25, 0.3) is 11.3 Å². The quantitative estimate of drug-likeness (QED) is 0.442. The molecule has 3 aromatic rings. The first-order valence-corrected chi connectivity index (χ1v) is 10.6. The highest BCUT2D eigenvalue weighted by Gasteiger charge is 2.17. The SMILES string of the molecule is COCCn1c(-c2cc(OC)c(OC)c(OC)c2)csc1=Nc1ccc(Cl)c(Cl)c1. The summed E-state index contributed by atoms with van der Waals surface area (Å²) in [4.78, 5) is 5.56. The molecule has 0 unspecified atom stereocenters. The van der Waals surface area contributed by atoms with Crippen molar-refractivity contribution in [2.75, 3.05) is 35.0 Å². The second-order valence-electron chi connectivity index (χ2n) is 6.17. The zero-order chi connectivity index (χ0) is 21.7. The van der Waals surface area contributed by atoms with Gasteiger partial charge in [-0.2, -0.15) is 0 Å². The second kappa shape index (κ2) is 10.2. The molecule has 2 aromatic carbocycles. The van der Waals surface area contributed by atoms with Crippen LogP contribution in [0.15, 0.2) is 40.7 Å². The summed E-state index contributed by atoms with van der Waals surface area (Å²) in [6.07, 6.45) is 0. The number of thiazole rings is 1.